The van der Waals surface area contributed by atoms with E-state index in [2.05, 4.69) is 56.3 Å². The number of nitrogens with zero attached hydrogens (tertiary/aromatic N) is 3. The maximum Gasteiger partial charge on any atom is 0.358 e. The first-order valence-corrected chi connectivity index (χ1v) is 12.9. The molecule has 1 fully saturated rings. The molecule has 1 saturated carbocycles. The number of halogens is 5. The molecule has 3 heterocycles. The molecule has 0 bridgehead atoms. The number of hydrogen-bond acceptors (Lipinski definition) is 8. The van der Waals surface area contributed by atoms with Crippen molar-refractivity contribution in [2.75, 3.05) is 14.2 Å². The van der Waals surface area contributed by atoms with Crippen LogP contribution in [0.2, 0.25) is 15.1 Å². The van der Waals surface area contributed by atoms with Crippen LogP contribution in [-0.2, 0) is 9.47 Å². The number of esters is 2. The highest BCUT2D eigenvalue weighted by Gasteiger charge is 2.26. The molecule has 0 atom stereocenters. The number of methoxy groups -OCH3 is 2. The van der Waals surface area contributed by atoms with Crippen molar-refractivity contribution < 1.29 is 29.0 Å². The van der Waals surface area contributed by atoms with Crippen molar-refractivity contribution >= 4 is 84.6 Å². The van der Waals surface area contributed by atoms with E-state index in [-0.39, 0.29) is 27.1 Å². The standard InChI is InChI=1S/C10H10ClNO2.C7H5BrClNO2.C6H3BrClNO2/c1-14-10(13)9-7(11)4-5-8(12-9)6-2-3-6;1-12-7(11)6-4(9)2-3-5(8)10-6;7-4-2-1-3(8)5(9-4)6(10)11/h4-6H,2-3H2,1H3;2-3H,1H3;1-2H,(H,10,11). The molecule has 0 aliphatic heterocycles. The number of aromatic carboxylic acids is 1. The van der Waals surface area contributed by atoms with Crippen LogP contribution in [0.3, 0.4) is 0 Å². The number of hydrogen-bond donors (Lipinski definition) is 1. The second-order valence-corrected chi connectivity index (χ2v) is 9.90. The van der Waals surface area contributed by atoms with E-state index < -0.39 is 17.9 Å². The summed E-state index contributed by atoms with van der Waals surface area (Å²) in [6, 6.07) is 9.84. The lowest BCUT2D eigenvalue weighted by atomic mass is 10.2. The quantitative estimate of drug-likeness (QED) is 0.229. The third-order valence-corrected chi connectivity index (χ3v) is 6.25. The molecule has 0 amide bonds. The minimum Gasteiger partial charge on any atom is -0.476 e. The van der Waals surface area contributed by atoms with Crippen LogP contribution in [0.25, 0.3) is 0 Å². The molecular weight excluding hydrogens is 680 g/mol. The number of carboxylic acid groups (broad SMARTS) is 1. The molecule has 4 rings (SSSR count). The van der Waals surface area contributed by atoms with Gasteiger partial charge in [0, 0.05) is 11.6 Å². The van der Waals surface area contributed by atoms with Crippen LogP contribution < -0.4 is 0 Å². The van der Waals surface area contributed by atoms with Crippen LogP contribution in [-0.4, -0.2) is 52.2 Å². The summed E-state index contributed by atoms with van der Waals surface area (Å²) in [6.45, 7) is 0. The average Bonchev–Trinajstić information content (AvgIpc) is 3.72. The minimum atomic E-state index is -1.13. The Morgan fingerprint density at radius 2 is 1.16 bits per heavy atom. The molecule has 0 radical (unpaired) electrons. The Balaban J connectivity index is 0.000000197. The Morgan fingerprint density at radius 3 is 1.57 bits per heavy atom. The fraction of sp³-hybridized carbons (Fsp3) is 0.217. The maximum atomic E-state index is 11.3. The predicted molar refractivity (Wildman–Crippen MR) is 145 cm³/mol. The molecule has 1 N–H and O–H groups in total. The molecule has 0 unspecified atom stereocenters. The molecular formula is C23H18Br2Cl3N3O6. The van der Waals surface area contributed by atoms with E-state index >= 15 is 0 Å². The summed E-state index contributed by atoms with van der Waals surface area (Å²) in [7, 11) is 2.60. The zero-order chi connectivity index (χ0) is 27.7. The van der Waals surface area contributed by atoms with Gasteiger partial charge in [0.05, 0.1) is 29.3 Å². The van der Waals surface area contributed by atoms with E-state index in [1.807, 2.05) is 6.07 Å². The lowest BCUT2D eigenvalue weighted by molar-refractivity contribution is 0.0585. The van der Waals surface area contributed by atoms with Gasteiger partial charge < -0.3 is 14.6 Å². The maximum absolute atomic E-state index is 11.3. The number of carbonyl (C=O) groups excluding carboxylic acids is 2. The molecule has 9 nitrogen and oxygen atoms in total. The lowest BCUT2D eigenvalue weighted by Gasteiger charge is -2.03. The Hall–Kier alpha value is -2.31. The first-order chi connectivity index (χ1) is 17.5. The number of aromatic nitrogens is 3. The number of rotatable bonds is 4. The van der Waals surface area contributed by atoms with Crippen LogP contribution in [0, 0.1) is 0 Å². The van der Waals surface area contributed by atoms with Crippen LogP contribution in [0.4, 0.5) is 0 Å². The van der Waals surface area contributed by atoms with Gasteiger partial charge in [0.1, 0.15) is 9.21 Å². The molecule has 0 saturated heterocycles. The van der Waals surface area contributed by atoms with Crippen molar-refractivity contribution in [1.82, 2.24) is 15.0 Å². The molecule has 0 spiro atoms. The molecule has 3 aromatic heterocycles. The first kappa shape index (κ1) is 30.9. The number of carbonyl (C=O) groups is 3. The van der Waals surface area contributed by atoms with Crippen LogP contribution in [0.1, 0.15) is 55.9 Å². The van der Waals surface area contributed by atoms with E-state index in [1.165, 1.54) is 20.3 Å². The summed E-state index contributed by atoms with van der Waals surface area (Å²) < 4.78 is 10.1. The number of carboxylic acids is 1. The van der Waals surface area contributed by atoms with Gasteiger partial charge in [-0.3, -0.25) is 0 Å². The van der Waals surface area contributed by atoms with Gasteiger partial charge >= 0.3 is 17.9 Å². The van der Waals surface area contributed by atoms with Crippen molar-refractivity contribution in [2.24, 2.45) is 0 Å². The van der Waals surface area contributed by atoms with Gasteiger partial charge in [-0.25, -0.2) is 29.3 Å². The van der Waals surface area contributed by atoms with E-state index in [9.17, 15) is 14.4 Å². The second kappa shape index (κ2) is 14.6. The van der Waals surface area contributed by atoms with Crippen LogP contribution in [0.15, 0.2) is 45.6 Å². The highest BCUT2D eigenvalue weighted by molar-refractivity contribution is 9.10. The molecule has 1 aliphatic rings. The van der Waals surface area contributed by atoms with Gasteiger partial charge in [-0.1, -0.05) is 34.8 Å². The SMILES string of the molecule is COC(=O)c1nc(Br)ccc1Cl.COC(=O)c1nc(C2CC2)ccc1Cl.O=C(O)c1nc(Br)ccc1Cl. The molecule has 37 heavy (non-hydrogen) atoms. The Labute approximate surface area is 243 Å². The van der Waals surface area contributed by atoms with Crippen molar-refractivity contribution in [1.29, 1.82) is 0 Å². The summed E-state index contributed by atoms with van der Waals surface area (Å²) in [5.41, 5.74) is 1.14. The van der Waals surface area contributed by atoms with Gasteiger partial charge in [-0.2, -0.15) is 0 Å². The molecule has 0 aromatic carbocycles. The van der Waals surface area contributed by atoms with E-state index in [0.29, 0.717) is 20.1 Å². The minimum absolute atomic E-state index is 0.119. The summed E-state index contributed by atoms with van der Waals surface area (Å²) in [5.74, 6) is -1.63. The van der Waals surface area contributed by atoms with Crippen molar-refractivity contribution in [3.8, 4) is 0 Å². The lowest BCUT2D eigenvalue weighted by Crippen LogP contribution is -2.06. The molecule has 14 heteroatoms. The summed E-state index contributed by atoms with van der Waals surface area (Å²) in [4.78, 5) is 44.4. The topological polar surface area (TPSA) is 129 Å². The summed E-state index contributed by atoms with van der Waals surface area (Å²) >= 11 is 23.2. The summed E-state index contributed by atoms with van der Waals surface area (Å²) in [6.07, 6.45) is 2.30. The normalized spacial score (nSPS) is 11.8. The van der Waals surface area contributed by atoms with Crippen LogP contribution in [0.5, 0.6) is 0 Å². The molecule has 1 aliphatic carbocycles. The third-order valence-electron chi connectivity index (χ3n) is 4.45. The third kappa shape index (κ3) is 9.50. The highest BCUT2D eigenvalue weighted by atomic mass is 79.9. The van der Waals surface area contributed by atoms with Gasteiger partial charge in [-0.05, 0) is 81.1 Å². The van der Waals surface area contributed by atoms with Crippen molar-refractivity contribution in [3.63, 3.8) is 0 Å². The number of ether oxygens (including phenoxy) is 2. The molecule has 196 valence electrons. The smallest absolute Gasteiger partial charge is 0.358 e. The Kier molecular flexibility index (Phi) is 12.2. The van der Waals surface area contributed by atoms with Crippen molar-refractivity contribution in [3.05, 3.63) is 83.4 Å². The van der Waals surface area contributed by atoms with Gasteiger partial charge in [0.2, 0.25) is 0 Å². The largest absolute Gasteiger partial charge is 0.476 e. The Morgan fingerprint density at radius 1 is 0.757 bits per heavy atom. The second-order valence-electron chi connectivity index (χ2n) is 7.06. The highest BCUT2D eigenvalue weighted by Crippen LogP contribution is 2.39. The zero-order valence-electron chi connectivity index (χ0n) is 19.2. The van der Waals surface area contributed by atoms with E-state index in [0.717, 1.165) is 18.5 Å². The fourth-order valence-electron chi connectivity index (χ4n) is 2.53. The van der Waals surface area contributed by atoms with Gasteiger partial charge in [0.25, 0.3) is 0 Å². The van der Waals surface area contributed by atoms with Crippen molar-refractivity contribution in [2.45, 2.75) is 18.8 Å². The van der Waals surface area contributed by atoms with Gasteiger partial charge in [-0.15, -0.1) is 0 Å². The predicted octanol–water partition coefficient (Wildman–Crippen LogP) is 6.88. The molecule has 3 aromatic rings. The van der Waals surface area contributed by atoms with E-state index in [4.69, 9.17) is 39.9 Å². The summed E-state index contributed by atoms with van der Waals surface area (Å²) in [5, 5.41) is 9.29. The first-order valence-electron chi connectivity index (χ1n) is 10.2. The van der Waals surface area contributed by atoms with E-state index in [1.54, 1.807) is 24.3 Å². The Bertz CT molecular complexity index is 1310. The number of pyridine rings is 3. The fourth-order valence-corrected chi connectivity index (χ4v) is 3.70. The van der Waals surface area contributed by atoms with Crippen LogP contribution >= 0.6 is 66.7 Å². The van der Waals surface area contributed by atoms with Gasteiger partial charge in [0.15, 0.2) is 17.1 Å². The zero-order valence-corrected chi connectivity index (χ0v) is 24.6. The monoisotopic (exact) mass is 695 g/mol. The average molecular weight is 699 g/mol.